The Morgan fingerprint density at radius 3 is 2.75 bits per heavy atom. The highest BCUT2D eigenvalue weighted by molar-refractivity contribution is 6.13. The van der Waals surface area contributed by atoms with E-state index in [4.69, 9.17) is 10.0 Å². The molecule has 0 saturated heterocycles. The zero-order chi connectivity index (χ0) is 8.81. The lowest BCUT2D eigenvalue weighted by atomic mass is 10.5. The van der Waals surface area contributed by atoms with Gasteiger partial charge in [-0.15, -0.1) is 0 Å². The maximum atomic E-state index is 7.12. The quantitative estimate of drug-likeness (QED) is 0.418. The highest BCUT2D eigenvalue weighted by Gasteiger charge is 1.90. The van der Waals surface area contributed by atoms with E-state index in [0.717, 1.165) is 11.0 Å². The molecule has 62 valence electrons. The van der Waals surface area contributed by atoms with Gasteiger partial charge in [0.1, 0.15) is 17.4 Å². The number of fused-ring (bicyclic) bond motifs is 1. The summed E-state index contributed by atoms with van der Waals surface area (Å²) in [6.45, 7) is 0. The topological polar surface area (TPSA) is 94.9 Å². The van der Waals surface area contributed by atoms with Crippen LogP contribution in [-0.2, 0) is 0 Å². The van der Waals surface area contributed by atoms with E-state index in [0.29, 0.717) is 0 Å². The summed E-state index contributed by atoms with van der Waals surface area (Å²) in [5.74, 6) is 0. The number of aromatic nitrogens is 4. The fraction of sp³-hybridized carbons (Fsp3) is 0. The van der Waals surface area contributed by atoms with E-state index >= 15 is 0 Å². The van der Waals surface area contributed by atoms with Crippen LogP contribution >= 0.6 is 0 Å². The van der Waals surface area contributed by atoms with Crippen molar-refractivity contribution in [1.29, 1.82) is 0 Å². The molecule has 0 unspecified atom stereocenters. The van der Waals surface area contributed by atoms with E-state index in [1.807, 2.05) is 0 Å². The molecule has 0 fully saturated rings. The zero-order valence-corrected chi connectivity index (χ0v) is 6.18. The molecule has 0 aliphatic heterocycles. The first-order valence-electron chi connectivity index (χ1n) is 3.19. The van der Waals surface area contributed by atoms with Crippen molar-refractivity contribution >= 4 is 18.7 Å². The SMILES string of the molecule is OBO.c1ncc2[nH]ncc2n1. The average molecular weight is 166 g/mol. The first-order chi connectivity index (χ1) is 5.88. The van der Waals surface area contributed by atoms with Gasteiger partial charge in [0, 0.05) is 0 Å². The number of nitrogens with one attached hydrogen (secondary N) is 1. The number of H-pyrrole nitrogens is 1. The van der Waals surface area contributed by atoms with Crippen LogP contribution in [0.25, 0.3) is 11.0 Å². The molecule has 2 aromatic heterocycles. The molecular weight excluding hydrogens is 159 g/mol. The van der Waals surface area contributed by atoms with Crippen LogP contribution in [0.15, 0.2) is 18.7 Å². The lowest BCUT2D eigenvalue weighted by molar-refractivity contribution is 0.448. The van der Waals surface area contributed by atoms with Crippen molar-refractivity contribution < 1.29 is 10.0 Å². The predicted octanol–water partition coefficient (Wildman–Crippen LogP) is -1.41. The number of hydrogen-bond donors (Lipinski definition) is 3. The van der Waals surface area contributed by atoms with Crippen molar-refractivity contribution in [2.45, 2.75) is 0 Å². The van der Waals surface area contributed by atoms with Crippen LogP contribution < -0.4 is 0 Å². The third-order valence-electron chi connectivity index (χ3n) is 1.11. The molecule has 0 amide bonds. The Labute approximate surface area is 68.6 Å². The lowest BCUT2D eigenvalue weighted by Gasteiger charge is -1.80. The molecular formula is C5H7BN4O2. The number of aromatic amines is 1. The maximum absolute atomic E-state index is 7.12. The molecule has 7 heteroatoms. The van der Waals surface area contributed by atoms with Crippen molar-refractivity contribution in [2.75, 3.05) is 0 Å². The standard InChI is InChI=1S/C5H4N4.BH3O2/c1-5-4(2-8-9-5)7-3-6-1;2-1-3/h1-3H,(H,8,9);1-3H. The van der Waals surface area contributed by atoms with E-state index in [9.17, 15) is 0 Å². The highest BCUT2D eigenvalue weighted by Crippen LogP contribution is 2.00. The van der Waals surface area contributed by atoms with Gasteiger partial charge in [0.15, 0.2) is 0 Å². The van der Waals surface area contributed by atoms with Gasteiger partial charge in [-0.25, -0.2) is 9.97 Å². The van der Waals surface area contributed by atoms with Gasteiger partial charge >= 0.3 is 7.69 Å². The van der Waals surface area contributed by atoms with E-state index in [1.165, 1.54) is 6.33 Å². The summed E-state index contributed by atoms with van der Waals surface area (Å²) in [5, 5.41) is 20.8. The molecule has 12 heavy (non-hydrogen) atoms. The second kappa shape index (κ2) is 4.42. The van der Waals surface area contributed by atoms with Crippen molar-refractivity contribution in [3.05, 3.63) is 18.7 Å². The maximum Gasteiger partial charge on any atom is 0.432 e. The Morgan fingerprint density at radius 2 is 2.08 bits per heavy atom. The summed E-state index contributed by atoms with van der Waals surface area (Å²) >= 11 is 0. The summed E-state index contributed by atoms with van der Waals surface area (Å²) in [5.41, 5.74) is 1.72. The summed E-state index contributed by atoms with van der Waals surface area (Å²) in [6, 6.07) is 0. The lowest BCUT2D eigenvalue weighted by Crippen LogP contribution is -1.75. The highest BCUT2D eigenvalue weighted by atomic mass is 16.4. The van der Waals surface area contributed by atoms with Gasteiger partial charge in [0.05, 0.1) is 12.4 Å². The van der Waals surface area contributed by atoms with Crippen LogP contribution in [0.3, 0.4) is 0 Å². The third-order valence-corrected chi connectivity index (χ3v) is 1.11. The van der Waals surface area contributed by atoms with Gasteiger partial charge in [-0.1, -0.05) is 0 Å². The van der Waals surface area contributed by atoms with Gasteiger partial charge in [-0.2, -0.15) is 5.10 Å². The molecule has 0 saturated carbocycles. The summed E-state index contributed by atoms with van der Waals surface area (Å²) < 4.78 is 0. The van der Waals surface area contributed by atoms with E-state index in [1.54, 1.807) is 12.4 Å². The molecule has 0 spiro atoms. The average Bonchev–Trinajstić information content (AvgIpc) is 2.52. The predicted molar refractivity (Wildman–Crippen MR) is 43.3 cm³/mol. The molecule has 0 bridgehead atoms. The van der Waals surface area contributed by atoms with Gasteiger partial charge in [0.25, 0.3) is 0 Å². The summed E-state index contributed by atoms with van der Waals surface area (Å²) in [7, 11) is -0.750. The fourth-order valence-corrected chi connectivity index (χ4v) is 0.691. The van der Waals surface area contributed by atoms with E-state index < -0.39 is 7.69 Å². The monoisotopic (exact) mass is 166 g/mol. The fourth-order valence-electron chi connectivity index (χ4n) is 0.691. The second-order valence-electron chi connectivity index (χ2n) is 1.83. The molecule has 0 aromatic carbocycles. The van der Waals surface area contributed by atoms with Gasteiger partial charge < -0.3 is 10.0 Å². The van der Waals surface area contributed by atoms with Crippen molar-refractivity contribution in [1.82, 2.24) is 20.2 Å². The van der Waals surface area contributed by atoms with Crippen LogP contribution in [0, 0.1) is 0 Å². The second-order valence-corrected chi connectivity index (χ2v) is 1.83. The van der Waals surface area contributed by atoms with E-state index in [-0.39, 0.29) is 0 Å². The normalized spacial score (nSPS) is 8.83. The Bertz CT molecular complexity index is 308. The largest absolute Gasteiger partial charge is 0.432 e. The number of nitrogens with zero attached hydrogens (tertiary/aromatic N) is 3. The van der Waals surface area contributed by atoms with Crippen LogP contribution in [0.1, 0.15) is 0 Å². The van der Waals surface area contributed by atoms with Gasteiger partial charge in [0.2, 0.25) is 0 Å². The first kappa shape index (κ1) is 8.63. The van der Waals surface area contributed by atoms with Crippen LogP contribution in [-0.4, -0.2) is 37.9 Å². The Morgan fingerprint density at radius 1 is 1.33 bits per heavy atom. The minimum Gasteiger partial charge on any atom is -0.430 e. The van der Waals surface area contributed by atoms with Crippen LogP contribution in [0.5, 0.6) is 0 Å². The third kappa shape index (κ3) is 2.01. The Hall–Kier alpha value is -1.47. The van der Waals surface area contributed by atoms with Gasteiger partial charge in [-0.3, -0.25) is 5.10 Å². The molecule has 0 radical (unpaired) electrons. The minimum atomic E-state index is -0.750. The first-order valence-corrected chi connectivity index (χ1v) is 3.19. The molecule has 0 aliphatic carbocycles. The molecule has 2 heterocycles. The molecule has 3 N–H and O–H groups in total. The van der Waals surface area contributed by atoms with Crippen LogP contribution in [0.4, 0.5) is 0 Å². The molecule has 6 nitrogen and oxygen atoms in total. The minimum absolute atomic E-state index is 0.750. The van der Waals surface area contributed by atoms with Crippen molar-refractivity contribution in [2.24, 2.45) is 0 Å². The van der Waals surface area contributed by atoms with Crippen molar-refractivity contribution in [3.63, 3.8) is 0 Å². The molecule has 0 aliphatic rings. The molecule has 2 rings (SSSR count). The Balaban J connectivity index is 0.000000213. The zero-order valence-electron chi connectivity index (χ0n) is 6.18. The summed E-state index contributed by atoms with van der Waals surface area (Å²) in [6.07, 6.45) is 4.85. The smallest absolute Gasteiger partial charge is 0.430 e. The molecule has 2 aromatic rings. The van der Waals surface area contributed by atoms with Crippen molar-refractivity contribution in [3.8, 4) is 0 Å². The van der Waals surface area contributed by atoms with Gasteiger partial charge in [-0.05, 0) is 0 Å². The van der Waals surface area contributed by atoms with E-state index in [2.05, 4.69) is 20.2 Å². The number of rotatable bonds is 0. The number of hydrogen-bond acceptors (Lipinski definition) is 5. The summed E-state index contributed by atoms with van der Waals surface area (Å²) in [4.78, 5) is 7.74. The van der Waals surface area contributed by atoms with Crippen LogP contribution in [0.2, 0.25) is 0 Å². The molecule has 0 atom stereocenters. The Kier molecular flexibility index (Phi) is 3.18.